The van der Waals surface area contributed by atoms with Crippen molar-refractivity contribution in [2.75, 3.05) is 25.0 Å². The molecule has 1 saturated heterocycles. The molecule has 5 heterocycles. The number of hydrogen-bond donors (Lipinski definition) is 2. The summed E-state index contributed by atoms with van der Waals surface area (Å²) in [7, 11) is 0. The fourth-order valence-electron chi connectivity index (χ4n) is 7.35. The van der Waals surface area contributed by atoms with Gasteiger partial charge in [0.05, 0.1) is 47.0 Å². The summed E-state index contributed by atoms with van der Waals surface area (Å²) in [6.45, 7) is 7.28. The second-order valence-electron chi connectivity index (χ2n) is 13.8. The monoisotopic (exact) mass is 718 g/mol. The average molecular weight is 719 g/mol. The second-order valence-corrected chi connectivity index (χ2v) is 14.2. The molecule has 0 spiro atoms. The van der Waals surface area contributed by atoms with Gasteiger partial charge in [0, 0.05) is 53.8 Å². The third kappa shape index (κ3) is 5.88. The maximum absolute atomic E-state index is 14.9. The SMILES string of the molecule is Cc1n[nH]c2ccc(NC(=O)c3ccc4c(c3)nc(CN3CC=C(c5cccc6c5O[C@](C)(c5ccc(Cl)cc5F)O6)CC3)n4C[C@@H]3CCO3)cc12. The summed E-state index contributed by atoms with van der Waals surface area (Å²) < 4.78 is 35.6. The van der Waals surface area contributed by atoms with Crippen LogP contribution in [0.1, 0.15) is 52.8 Å². The number of aryl methyl sites for hydroxylation is 1. The predicted octanol–water partition coefficient (Wildman–Crippen LogP) is 7.99. The van der Waals surface area contributed by atoms with Gasteiger partial charge in [-0.2, -0.15) is 5.10 Å². The number of H-pyrrole nitrogens is 1. The van der Waals surface area contributed by atoms with E-state index < -0.39 is 11.6 Å². The van der Waals surface area contributed by atoms with E-state index >= 15 is 0 Å². The molecule has 3 aliphatic heterocycles. The van der Waals surface area contributed by atoms with Gasteiger partial charge in [-0.15, -0.1) is 0 Å². The lowest BCUT2D eigenvalue weighted by Gasteiger charge is -2.29. The fraction of sp³-hybridized carbons (Fsp3) is 0.275. The summed E-state index contributed by atoms with van der Waals surface area (Å²) >= 11 is 6.00. The Morgan fingerprint density at radius 1 is 1.12 bits per heavy atom. The molecule has 4 aromatic carbocycles. The molecule has 0 radical (unpaired) electrons. The van der Waals surface area contributed by atoms with E-state index in [1.165, 1.54) is 6.07 Å². The Kier molecular flexibility index (Phi) is 8.02. The zero-order valence-electron chi connectivity index (χ0n) is 28.7. The van der Waals surface area contributed by atoms with Gasteiger partial charge in [-0.05, 0) is 86.0 Å². The van der Waals surface area contributed by atoms with Gasteiger partial charge in [-0.1, -0.05) is 29.8 Å². The summed E-state index contributed by atoms with van der Waals surface area (Å²) in [5.74, 6) is 0.120. The van der Waals surface area contributed by atoms with Crippen LogP contribution in [0.2, 0.25) is 5.02 Å². The lowest BCUT2D eigenvalue weighted by atomic mass is 9.98. The number of nitrogens with one attached hydrogen (secondary N) is 2. The van der Waals surface area contributed by atoms with Crippen LogP contribution in [0.3, 0.4) is 0 Å². The molecule has 0 unspecified atom stereocenters. The molecule has 0 saturated carbocycles. The van der Waals surface area contributed by atoms with Crippen molar-refractivity contribution in [2.45, 2.75) is 51.7 Å². The first-order valence-electron chi connectivity index (χ1n) is 17.5. The zero-order chi connectivity index (χ0) is 35.6. The van der Waals surface area contributed by atoms with E-state index in [1.54, 1.807) is 19.1 Å². The van der Waals surface area contributed by atoms with Crippen molar-refractivity contribution in [1.29, 1.82) is 0 Å². The van der Waals surface area contributed by atoms with Gasteiger partial charge in [-0.25, -0.2) is 9.37 Å². The number of halogens is 2. The van der Waals surface area contributed by atoms with Gasteiger partial charge in [0.25, 0.3) is 11.7 Å². The van der Waals surface area contributed by atoms with Crippen LogP contribution in [-0.4, -0.2) is 56.4 Å². The number of ether oxygens (including phenoxy) is 3. The summed E-state index contributed by atoms with van der Waals surface area (Å²) in [4.78, 5) is 20.8. The topological polar surface area (TPSA) is 107 Å². The second kappa shape index (κ2) is 12.8. The van der Waals surface area contributed by atoms with Gasteiger partial charge >= 0.3 is 0 Å². The number of rotatable bonds is 8. The molecule has 3 aliphatic rings. The van der Waals surface area contributed by atoms with Crippen LogP contribution in [0.5, 0.6) is 11.5 Å². The summed E-state index contributed by atoms with van der Waals surface area (Å²) in [5.41, 5.74) is 7.16. The first-order chi connectivity index (χ1) is 25.2. The number of nitrogens with zero attached hydrogens (tertiary/aromatic N) is 4. The normalized spacial score (nSPS) is 19.9. The van der Waals surface area contributed by atoms with E-state index in [-0.39, 0.29) is 17.6 Å². The highest BCUT2D eigenvalue weighted by Crippen LogP contribution is 2.49. The van der Waals surface area contributed by atoms with Crippen LogP contribution in [-0.2, 0) is 23.6 Å². The molecule has 9 rings (SSSR count). The number of anilines is 1. The minimum absolute atomic E-state index is 0.141. The van der Waals surface area contributed by atoms with Crippen molar-refractivity contribution in [3.05, 3.63) is 118 Å². The molecule has 2 atom stereocenters. The van der Waals surface area contributed by atoms with Gasteiger partial charge in [0.15, 0.2) is 11.5 Å². The highest BCUT2D eigenvalue weighted by Gasteiger charge is 2.42. The molecule has 2 aromatic heterocycles. The number of benzene rings is 4. The number of aromatic amines is 1. The van der Waals surface area contributed by atoms with Gasteiger partial charge < -0.3 is 24.1 Å². The smallest absolute Gasteiger partial charge is 0.278 e. The fourth-order valence-corrected chi connectivity index (χ4v) is 7.51. The first kappa shape index (κ1) is 32.7. The van der Waals surface area contributed by atoms with Crippen molar-refractivity contribution in [3.8, 4) is 11.5 Å². The van der Waals surface area contributed by atoms with Crippen LogP contribution in [0.4, 0.5) is 10.1 Å². The molecule has 2 N–H and O–H groups in total. The van der Waals surface area contributed by atoms with Crippen LogP contribution >= 0.6 is 11.6 Å². The van der Waals surface area contributed by atoms with Crippen molar-refractivity contribution < 1.29 is 23.4 Å². The number of hydrogen-bond acceptors (Lipinski definition) is 7. The Morgan fingerprint density at radius 2 is 2.00 bits per heavy atom. The molecule has 52 heavy (non-hydrogen) atoms. The summed E-state index contributed by atoms with van der Waals surface area (Å²) in [5, 5.41) is 11.6. The molecule has 0 aliphatic carbocycles. The van der Waals surface area contributed by atoms with E-state index in [9.17, 15) is 9.18 Å². The number of aromatic nitrogens is 4. The Labute approximate surface area is 304 Å². The molecule has 6 aromatic rings. The number of amides is 1. The van der Waals surface area contributed by atoms with E-state index in [4.69, 9.17) is 30.8 Å². The largest absolute Gasteiger partial charge is 0.444 e. The Hall–Kier alpha value is -5.23. The van der Waals surface area contributed by atoms with Gasteiger partial charge in [-0.3, -0.25) is 14.8 Å². The Bertz CT molecular complexity index is 2420. The highest BCUT2D eigenvalue weighted by atomic mass is 35.5. The van der Waals surface area contributed by atoms with E-state index in [1.807, 2.05) is 61.5 Å². The van der Waals surface area contributed by atoms with Gasteiger partial charge in [0.1, 0.15) is 11.6 Å². The molecule has 12 heteroatoms. The summed E-state index contributed by atoms with van der Waals surface area (Å²) in [6, 6.07) is 21.7. The van der Waals surface area contributed by atoms with Crippen molar-refractivity contribution in [1.82, 2.24) is 24.6 Å². The van der Waals surface area contributed by atoms with Crippen LogP contribution in [0, 0.1) is 12.7 Å². The lowest BCUT2D eigenvalue weighted by molar-refractivity contribution is -0.0708. The van der Waals surface area contributed by atoms with E-state index in [2.05, 4.69) is 31.1 Å². The Balaban J connectivity index is 0.938. The van der Waals surface area contributed by atoms with Crippen molar-refractivity contribution >= 4 is 50.7 Å². The number of carbonyl (C=O) groups is 1. The third-order valence-electron chi connectivity index (χ3n) is 10.3. The molecular weight excluding hydrogens is 683 g/mol. The van der Waals surface area contributed by atoms with Crippen LogP contribution < -0.4 is 14.8 Å². The molecule has 0 bridgehead atoms. The molecule has 1 fully saturated rings. The lowest BCUT2D eigenvalue weighted by Crippen LogP contribution is -2.33. The summed E-state index contributed by atoms with van der Waals surface area (Å²) in [6.07, 6.45) is 4.15. The molecule has 10 nitrogen and oxygen atoms in total. The van der Waals surface area contributed by atoms with Crippen molar-refractivity contribution in [3.63, 3.8) is 0 Å². The quantitative estimate of drug-likeness (QED) is 0.164. The number of para-hydroxylation sites is 1. The maximum atomic E-state index is 14.9. The van der Waals surface area contributed by atoms with Crippen molar-refractivity contribution in [2.24, 2.45) is 0 Å². The third-order valence-corrected chi connectivity index (χ3v) is 10.5. The number of carbonyl (C=O) groups excluding carboxylic acids is 1. The highest BCUT2D eigenvalue weighted by molar-refractivity contribution is 6.30. The average Bonchev–Trinajstić information content (AvgIpc) is 3.78. The molecule has 1 amide bonds. The maximum Gasteiger partial charge on any atom is 0.278 e. The van der Waals surface area contributed by atoms with E-state index in [0.29, 0.717) is 47.4 Å². The molecule has 264 valence electrons. The predicted molar refractivity (Wildman–Crippen MR) is 197 cm³/mol. The standard InChI is InChI=1S/C40H36ClFN6O4/c1-23-30-20-27(8-10-33(30)46-45-23)43-39(49)25-6-11-35-34(18-25)44-37(48(35)21-28-14-17-50-28)22-47-15-12-24(13-16-47)29-4-3-5-36-38(29)52-40(2,51-36)31-9-7-26(41)19-32(31)42/h3-12,18-20,28H,13-17,21-22H2,1-2H3,(H,43,49)(H,45,46)/t28-,40+/m0/s1. The number of fused-ring (bicyclic) bond motifs is 3. The van der Waals surface area contributed by atoms with Gasteiger partial charge in [0.2, 0.25) is 0 Å². The van der Waals surface area contributed by atoms with Crippen LogP contribution in [0.25, 0.3) is 27.5 Å². The van der Waals surface area contributed by atoms with Crippen LogP contribution in [0.15, 0.2) is 78.9 Å². The zero-order valence-corrected chi connectivity index (χ0v) is 29.5. The number of imidazole rings is 1. The minimum Gasteiger partial charge on any atom is -0.444 e. The first-order valence-corrected chi connectivity index (χ1v) is 17.8. The molecular formula is C40H36ClFN6O4. The Morgan fingerprint density at radius 3 is 2.79 bits per heavy atom. The minimum atomic E-state index is -1.31. The van der Waals surface area contributed by atoms with E-state index in [0.717, 1.165) is 70.6 Å².